The maximum atomic E-state index is 13.0. The Morgan fingerprint density at radius 2 is 1.90 bits per heavy atom. The smallest absolute Gasteiger partial charge is 0.266 e. The summed E-state index contributed by atoms with van der Waals surface area (Å²) in [5.74, 6) is -1.06. The molecule has 3 rings (SSSR count). The van der Waals surface area contributed by atoms with Gasteiger partial charge < -0.3 is 0 Å². The van der Waals surface area contributed by atoms with Gasteiger partial charge in [0.25, 0.3) is 11.5 Å². The molecule has 0 aliphatic heterocycles. The zero-order valence-electron chi connectivity index (χ0n) is 16.4. The van der Waals surface area contributed by atoms with Gasteiger partial charge in [-0.2, -0.15) is 20.1 Å². The molecule has 0 saturated carbocycles. The van der Waals surface area contributed by atoms with Gasteiger partial charge in [-0.25, -0.2) is 9.82 Å². The zero-order chi connectivity index (χ0) is 21.7. The first-order valence-corrected chi connectivity index (χ1v) is 9.17. The van der Waals surface area contributed by atoms with Crippen molar-refractivity contribution in [2.45, 2.75) is 20.3 Å². The molecule has 1 N–H and O–H groups in total. The maximum absolute atomic E-state index is 13.0. The number of rotatable bonds is 5. The first kappa shape index (κ1) is 20.6. The summed E-state index contributed by atoms with van der Waals surface area (Å²) in [4.78, 5) is 25.3. The number of hydrazone groups is 1. The molecule has 0 unspecified atom stereocenters. The van der Waals surface area contributed by atoms with Crippen molar-refractivity contribution in [1.82, 2.24) is 15.2 Å². The Morgan fingerprint density at radius 1 is 1.23 bits per heavy atom. The van der Waals surface area contributed by atoms with Gasteiger partial charge in [-0.15, -0.1) is 0 Å². The van der Waals surface area contributed by atoms with Crippen LogP contribution < -0.4 is 11.0 Å². The molecule has 0 fully saturated rings. The van der Waals surface area contributed by atoms with E-state index in [4.69, 9.17) is 0 Å². The topological polar surface area (TPSA) is 100 Å². The molecule has 0 bridgehead atoms. The second-order valence-corrected chi connectivity index (χ2v) is 6.45. The highest BCUT2D eigenvalue weighted by Gasteiger charge is 2.20. The number of hydrogen-bond donors (Lipinski definition) is 1. The van der Waals surface area contributed by atoms with E-state index in [9.17, 15) is 19.2 Å². The molecule has 0 radical (unpaired) electrons. The molecule has 1 aromatic heterocycles. The van der Waals surface area contributed by atoms with Gasteiger partial charge in [-0.3, -0.25) is 9.59 Å². The Bertz CT molecular complexity index is 1210. The number of aryl methyl sites for hydroxylation is 1. The number of halogens is 1. The van der Waals surface area contributed by atoms with E-state index in [0.29, 0.717) is 11.3 Å². The summed E-state index contributed by atoms with van der Waals surface area (Å²) in [6.45, 7) is 3.49. The third kappa shape index (κ3) is 4.31. The van der Waals surface area contributed by atoms with Crippen LogP contribution in [0.2, 0.25) is 0 Å². The van der Waals surface area contributed by atoms with Crippen LogP contribution in [0.25, 0.3) is 5.69 Å². The molecule has 0 spiro atoms. The van der Waals surface area contributed by atoms with Crippen LogP contribution in [0, 0.1) is 24.1 Å². The molecule has 150 valence electrons. The van der Waals surface area contributed by atoms with Crippen molar-refractivity contribution < 1.29 is 9.18 Å². The minimum absolute atomic E-state index is 0.0954. The van der Waals surface area contributed by atoms with Gasteiger partial charge >= 0.3 is 0 Å². The minimum atomic E-state index is -0.679. The monoisotopic (exact) mass is 403 g/mol. The van der Waals surface area contributed by atoms with E-state index >= 15 is 0 Å². The second kappa shape index (κ2) is 8.92. The Kier molecular flexibility index (Phi) is 6.13. The zero-order valence-corrected chi connectivity index (χ0v) is 16.4. The van der Waals surface area contributed by atoms with Crippen molar-refractivity contribution in [2.75, 3.05) is 0 Å². The van der Waals surface area contributed by atoms with Gasteiger partial charge in [-0.1, -0.05) is 31.2 Å². The Balaban J connectivity index is 1.95. The molecule has 1 amide bonds. The molecule has 7 nitrogen and oxygen atoms in total. The van der Waals surface area contributed by atoms with Crippen LogP contribution in [0.4, 0.5) is 4.39 Å². The van der Waals surface area contributed by atoms with Crippen LogP contribution >= 0.6 is 0 Å². The van der Waals surface area contributed by atoms with Crippen LogP contribution in [0.15, 0.2) is 58.4 Å². The molecule has 1 heterocycles. The number of nitriles is 1. The average molecular weight is 403 g/mol. The maximum Gasteiger partial charge on any atom is 0.292 e. The third-order valence-electron chi connectivity index (χ3n) is 4.50. The van der Waals surface area contributed by atoms with E-state index in [1.807, 2.05) is 25.1 Å². The number of carbonyl (C=O) groups excluding carboxylic acids is 1. The summed E-state index contributed by atoms with van der Waals surface area (Å²) in [7, 11) is 0. The van der Waals surface area contributed by atoms with Gasteiger partial charge in [-0.05, 0) is 48.7 Å². The Hall–Kier alpha value is -4.12. The molecule has 2 aromatic carbocycles. The lowest BCUT2D eigenvalue weighted by atomic mass is 10.1. The van der Waals surface area contributed by atoms with Gasteiger partial charge in [0.2, 0.25) is 0 Å². The molecular weight excluding hydrogens is 385 g/mol. The standard InChI is InChI=1S/C22H18FN5O2/c1-3-15-6-10-18(11-7-15)28-22(30)19(12-24)14(2)20(27-28)21(29)26-25-13-16-4-8-17(23)9-5-16/h4-11,13H,3H2,1-2H3,(H,26,29)/b25-13+. The van der Waals surface area contributed by atoms with Crippen LogP contribution in [-0.2, 0) is 6.42 Å². The van der Waals surface area contributed by atoms with E-state index in [2.05, 4.69) is 15.6 Å². The lowest BCUT2D eigenvalue weighted by Gasteiger charge is -2.11. The molecule has 30 heavy (non-hydrogen) atoms. The third-order valence-corrected chi connectivity index (χ3v) is 4.50. The van der Waals surface area contributed by atoms with Crippen molar-refractivity contribution in [3.05, 3.63) is 92.6 Å². The lowest BCUT2D eigenvalue weighted by Crippen LogP contribution is -2.31. The summed E-state index contributed by atoms with van der Waals surface area (Å²) in [5, 5.41) is 17.4. The van der Waals surface area contributed by atoms with Crippen molar-refractivity contribution >= 4 is 12.1 Å². The van der Waals surface area contributed by atoms with Crippen LogP contribution in [0.3, 0.4) is 0 Å². The van der Waals surface area contributed by atoms with E-state index in [1.54, 1.807) is 12.1 Å². The molecule has 3 aromatic rings. The molecule has 0 saturated heterocycles. The molecule has 0 atom stereocenters. The summed E-state index contributed by atoms with van der Waals surface area (Å²) in [6, 6.07) is 14.5. The molecule has 0 aliphatic rings. The normalized spacial score (nSPS) is 10.7. The largest absolute Gasteiger partial charge is 0.292 e. The fourth-order valence-corrected chi connectivity index (χ4v) is 2.77. The number of benzene rings is 2. The number of amides is 1. The lowest BCUT2D eigenvalue weighted by molar-refractivity contribution is 0.0947. The summed E-state index contributed by atoms with van der Waals surface area (Å²) in [5.41, 5.74) is 3.72. The number of nitrogens with one attached hydrogen (secondary N) is 1. The van der Waals surface area contributed by atoms with Gasteiger partial charge in [0.15, 0.2) is 5.69 Å². The van der Waals surface area contributed by atoms with Crippen LogP contribution in [-0.4, -0.2) is 21.9 Å². The number of aromatic nitrogens is 2. The minimum Gasteiger partial charge on any atom is -0.266 e. The van der Waals surface area contributed by atoms with Crippen molar-refractivity contribution in [1.29, 1.82) is 5.26 Å². The number of carbonyl (C=O) groups is 1. The Morgan fingerprint density at radius 3 is 2.50 bits per heavy atom. The molecule has 0 aliphatic carbocycles. The molecular formula is C22H18FN5O2. The van der Waals surface area contributed by atoms with Crippen LogP contribution in [0.1, 0.15) is 39.7 Å². The summed E-state index contributed by atoms with van der Waals surface area (Å²) in [6.07, 6.45) is 2.18. The quantitative estimate of drug-likeness (QED) is 0.523. The van der Waals surface area contributed by atoms with Crippen molar-refractivity contribution in [2.24, 2.45) is 5.10 Å². The summed E-state index contributed by atoms with van der Waals surface area (Å²) < 4.78 is 14.0. The fraction of sp³-hybridized carbons (Fsp3) is 0.136. The van der Waals surface area contributed by atoms with Crippen LogP contribution in [0.5, 0.6) is 0 Å². The molecule has 8 heteroatoms. The van der Waals surface area contributed by atoms with Gasteiger partial charge in [0, 0.05) is 5.56 Å². The van der Waals surface area contributed by atoms with Crippen molar-refractivity contribution in [3.8, 4) is 11.8 Å². The highest BCUT2D eigenvalue weighted by molar-refractivity contribution is 5.94. The Labute approximate surface area is 172 Å². The van der Waals surface area contributed by atoms with Gasteiger partial charge in [0.05, 0.1) is 11.9 Å². The first-order chi connectivity index (χ1) is 14.4. The SMILES string of the molecule is CCc1ccc(-n2nc(C(=O)N/N=C/c3ccc(F)cc3)c(C)c(C#N)c2=O)cc1. The highest BCUT2D eigenvalue weighted by atomic mass is 19.1. The number of nitrogens with zero attached hydrogens (tertiary/aromatic N) is 4. The van der Waals surface area contributed by atoms with E-state index in [1.165, 1.54) is 37.4 Å². The van der Waals surface area contributed by atoms with E-state index < -0.39 is 11.5 Å². The van der Waals surface area contributed by atoms with Gasteiger partial charge in [0.1, 0.15) is 17.4 Å². The fourth-order valence-electron chi connectivity index (χ4n) is 2.77. The highest BCUT2D eigenvalue weighted by Crippen LogP contribution is 2.12. The number of hydrogen-bond acceptors (Lipinski definition) is 5. The van der Waals surface area contributed by atoms with E-state index in [0.717, 1.165) is 16.7 Å². The second-order valence-electron chi connectivity index (χ2n) is 6.45. The predicted molar refractivity (Wildman–Crippen MR) is 110 cm³/mol. The summed E-state index contributed by atoms with van der Waals surface area (Å²) >= 11 is 0. The first-order valence-electron chi connectivity index (χ1n) is 9.17. The average Bonchev–Trinajstić information content (AvgIpc) is 2.75. The van der Waals surface area contributed by atoms with E-state index in [-0.39, 0.29) is 22.6 Å². The van der Waals surface area contributed by atoms with Crippen molar-refractivity contribution in [3.63, 3.8) is 0 Å². The predicted octanol–water partition coefficient (Wildman–Crippen LogP) is 2.88.